The Kier molecular flexibility index (Phi) is 5.57. The summed E-state index contributed by atoms with van der Waals surface area (Å²) in [5, 5.41) is 14.2. The van der Waals surface area contributed by atoms with Gasteiger partial charge in [0.2, 0.25) is 5.91 Å². The molecule has 0 unspecified atom stereocenters. The van der Waals surface area contributed by atoms with Crippen LogP contribution in [0.4, 0.5) is 4.39 Å². The van der Waals surface area contributed by atoms with E-state index in [1.807, 2.05) is 24.1 Å². The fourth-order valence-corrected chi connectivity index (χ4v) is 5.90. The van der Waals surface area contributed by atoms with E-state index in [4.69, 9.17) is 0 Å². The van der Waals surface area contributed by atoms with Gasteiger partial charge in [0.1, 0.15) is 5.82 Å². The van der Waals surface area contributed by atoms with Crippen molar-refractivity contribution in [2.45, 2.75) is 25.3 Å². The number of amides is 1. The van der Waals surface area contributed by atoms with Crippen LogP contribution in [-0.4, -0.2) is 83.8 Å². The third kappa shape index (κ3) is 3.90. The summed E-state index contributed by atoms with van der Waals surface area (Å²) in [6.07, 6.45) is 10.8. The Morgan fingerprint density at radius 1 is 1.29 bits per heavy atom. The highest BCUT2D eigenvalue weighted by atomic mass is 19.1. The standard InChI is InChI=1S/C27H30FN5O2/c1-31-13-22(17-6-9-32(10-7-17)15-25(35)33-8-2-3-20(33)16-34)27-23(14-31)21-12-19(28)11-18-4-5-24(26(18)21)29-30-27/h4-6,11-12,14,20,30,34H,2-3,7-10,13,15-16H2,1H3/t20-/m1/s1. The first-order valence-corrected chi connectivity index (χ1v) is 12.4. The number of rotatable bonds is 4. The number of halogens is 1. The molecule has 7 nitrogen and oxygen atoms in total. The Hall–Kier alpha value is -3.23. The minimum absolute atomic E-state index is 0.0324. The van der Waals surface area contributed by atoms with Gasteiger partial charge in [0.05, 0.1) is 30.6 Å². The van der Waals surface area contributed by atoms with Crippen molar-refractivity contribution in [3.63, 3.8) is 0 Å². The van der Waals surface area contributed by atoms with Crippen LogP contribution in [0.2, 0.25) is 0 Å². The molecule has 6 rings (SSSR count). The smallest absolute Gasteiger partial charge is 0.237 e. The second-order valence-corrected chi connectivity index (χ2v) is 9.95. The van der Waals surface area contributed by atoms with Gasteiger partial charge < -0.3 is 14.9 Å². The molecule has 35 heavy (non-hydrogen) atoms. The summed E-state index contributed by atoms with van der Waals surface area (Å²) in [7, 11) is 2.04. The Balaban J connectivity index is 1.26. The molecule has 4 aliphatic heterocycles. The maximum atomic E-state index is 14.5. The number of aliphatic hydroxyl groups is 1. The lowest BCUT2D eigenvalue weighted by molar-refractivity contribution is -0.133. The summed E-state index contributed by atoms with van der Waals surface area (Å²) in [5.41, 5.74) is 11.1. The average Bonchev–Trinajstić information content (AvgIpc) is 3.46. The van der Waals surface area contributed by atoms with Gasteiger partial charge in [-0.2, -0.15) is 5.10 Å². The van der Waals surface area contributed by atoms with Gasteiger partial charge in [0.15, 0.2) is 0 Å². The van der Waals surface area contributed by atoms with Gasteiger partial charge in [0, 0.05) is 56.1 Å². The Morgan fingerprint density at radius 3 is 2.97 bits per heavy atom. The number of hydrogen-bond donors (Lipinski definition) is 2. The van der Waals surface area contributed by atoms with Crippen LogP contribution in [0.1, 0.15) is 36.0 Å². The Labute approximate surface area is 204 Å². The van der Waals surface area contributed by atoms with Crippen LogP contribution < -0.4 is 5.43 Å². The number of nitrogens with one attached hydrogen (secondary N) is 1. The Morgan fingerprint density at radius 2 is 2.17 bits per heavy atom. The molecule has 1 aromatic carbocycles. The van der Waals surface area contributed by atoms with Gasteiger partial charge >= 0.3 is 0 Å². The van der Waals surface area contributed by atoms with Crippen LogP contribution in [0, 0.1) is 5.82 Å². The van der Waals surface area contributed by atoms with Crippen LogP contribution >= 0.6 is 0 Å². The van der Waals surface area contributed by atoms with Crippen molar-refractivity contribution in [1.82, 2.24) is 20.1 Å². The SMILES string of the molecule is CN1C=C2C(=C(C3=CCN(CC(=O)N4CCC[C@@H]4CO)CC3)C1)NN=C1C=Cc3cc(F)cc2c31. The zero-order valence-corrected chi connectivity index (χ0v) is 19.9. The minimum atomic E-state index is -0.250. The molecule has 5 aliphatic rings. The molecule has 1 atom stereocenters. The molecule has 8 heteroatoms. The summed E-state index contributed by atoms with van der Waals surface area (Å²) < 4.78 is 14.5. The molecule has 0 spiro atoms. The maximum absolute atomic E-state index is 14.5. The molecule has 1 saturated heterocycles. The van der Waals surface area contributed by atoms with Crippen molar-refractivity contribution >= 4 is 23.3 Å². The monoisotopic (exact) mass is 475 g/mol. The molecule has 182 valence electrons. The van der Waals surface area contributed by atoms with Gasteiger partial charge in [-0.1, -0.05) is 12.2 Å². The molecule has 0 radical (unpaired) electrons. The number of carbonyl (C=O) groups is 1. The van der Waals surface area contributed by atoms with E-state index in [2.05, 4.69) is 32.6 Å². The van der Waals surface area contributed by atoms with Crippen molar-refractivity contribution in [3.8, 4) is 0 Å². The van der Waals surface area contributed by atoms with E-state index in [1.165, 1.54) is 11.1 Å². The van der Waals surface area contributed by atoms with Crippen molar-refractivity contribution in [1.29, 1.82) is 0 Å². The predicted molar refractivity (Wildman–Crippen MR) is 134 cm³/mol. The fourth-order valence-electron chi connectivity index (χ4n) is 5.90. The van der Waals surface area contributed by atoms with Crippen LogP contribution in [0.15, 0.2) is 52.4 Å². The molecule has 0 aromatic heterocycles. The first kappa shape index (κ1) is 22.2. The lowest BCUT2D eigenvalue weighted by atomic mass is 9.88. The minimum Gasteiger partial charge on any atom is -0.394 e. The van der Waals surface area contributed by atoms with Gasteiger partial charge in [-0.25, -0.2) is 4.39 Å². The second kappa shape index (κ2) is 8.77. The number of hydrazone groups is 1. The Bertz CT molecular complexity index is 1240. The van der Waals surface area contributed by atoms with Gasteiger partial charge in [-0.3, -0.25) is 15.1 Å². The van der Waals surface area contributed by atoms with E-state index in [-0.39, 0.29) is 24.4 Å². The lowest BCUT2D eigenvalue weighted by Gasteiger charge is -2.33. The van der Waals surface area contributed by atoms with Crippen molar-refractivity contribution in [2.24, 2.45) is 5.10 Å². The van der Waals surface area contributed by atoms with E-state index < -0.39 is 0 Å². The molecule has 4 heterocycles. The summed E-state index contributed by atoms with van der Waals surface area (Å²) in [4.78, 5) is 19.0. The molecule has 1 aromatic rings. The van der Waals surface area contributed by atoms with E-state index >= 15 is 0 Å². The van der Waals surface area contributed by atoms with E-state index in [9.17, 15) is 14.3 Å². The van der Waals surface area contributed by atoms with Crippen molar-refractivity contribution in [3.05, 3.63) is 69.8 Å². The number of carbonyl (C=O) groups excluding carboxylic acids is 1. The zero-order valence-electron chi connectivity index (χ0n) is 19.9. The quantitative estimate of drug-likeness (QED) is 0.700. The molecule has 0 bridgehead atoms. The summed E-state index contributed by atoms with van der Waals surface area (Å²) in [6, 6.07) is 3.14. The third-order valence-corrected chi connectivity index (χ3v) is 7.66. The number of likely N-dealkylation sites (N-methyl/N-ethyl adjacent to an activating group) is 1. The number of fused-ring (bicyclic) bond motifs is 2. The van der Waals surface area contributed by atoms with Gasteiger partial charge in [-0.15, -0.1) is 0 Å². The van der Waals surface area contributed by atoms with E-state index in [1.54, 1.807) is 12.1 Å². The average molecular weight is 476 g/mol. The van der Waals surface area contributed by atoms with Crippen LogP contribution in [0.3, 0.4) is 0 Å². The number of aliphatic hydroxyl groups excluding tert-OH is 1. The number of hydrogen-bond acceptors (Lipinski definition) is 6. The lowest BCUT2D eigenvalue weighted by Crippen LogP contribution is -2.45. The molecule has 2 N–H and O–H groups in total. The molecule has 0 saturated carbocycles. The van der Waals surface area contributed by atoms with Crippen molar-refractivity contribution < 1.29 is 14.3 Å². The topological polar surface area (TPSA) is 71.4 Å². The number of nitrogens with zero attached hydrogens (tertiary/aromatic N) is 4. The normalized spacial score (nSPS) is 23.4. The highest BCUT2D eigenvalue weighted by Crippen LogP contribution is 2.39. The van der Waals surface area contributed by atoms with Gasteiger partial charge in [-0.05, 0) is 54.2 Å². The molecule has 1 amide bonds. The number of allylic oxidation sites excluding steroid dienone is 2. The largest absolute Gasteiger partial charge is 0.394 e. The molecule has 1 aliphatic carbocycles. The van der Waals surface area contributed by atoms with Crippen molar-refractivity contribution in [2.75, 3.05) is 46.4 Å². The van der Waals surface area contributed by atoms with Crippen LogP contribution in [-0.2, 0) is 4.79 Å². The third-order valence-electron chi connectivity index (χ3n) is 7.66. The molecule has 1 fully saturated rings. The van der Waals surface area contributed by atoms with E-state index in [0.717, 1.165) is 72.6 Å². The first-order chi connectivity index (χ1) is 17.0. The fraction of sp³-hybridized carbons (Fsp3) is 0.407. The highest BCUT2D eigenvalue weighted by molar-refractivity contribution is 6.20. The predicted octanol–water partition coefficient (Wildman–Crippen LogP) is 2.32. The molecular formula is C27H30FN5O2. The first-order valence-electron chi connectivity index (χ1n) is 12.4. The summed E-state index contributed by atoms with van der Waals surface area (Å²) in [5.74, 6) is -0.146. The summed E-state index contributed by atoms with van der Waals surface area (Å²) >= 11 is 0. The van der Waals surface area contributed by atoms with Gasteiger partial charge in [0.25, 0.3) is 0 Å². The number of benzene rings is 1. The van der Waals surface area contributed by atoms with Crippen LogP contribution in [0.5, 0.6) is 0 Å². The van der Waals surface area contributed by atoms with Crippen LogP contribution in [0.25, 0.3) is 11.6 Å². The second-order valence-electron chi connectivity index (χ2n) is 9.95. The maximum Gasteiger partial charge on any atom is 0.237 e. The zero-order chi connectivity index (χ0) is 24.1. The molecular weight excluding hydrogens is 445 g/mol. The highest BCUT2D eigenvalue weighted by Gasteiger charge is 2.32. The summed E-state index contributed by atoms with van der Waals surface area (Å²) in [6.45, 7) is 3.39. The van der Waals surface area contributed by atoms with E-state index in [0.29, 0.717) is 13.1 Å². The number of likely N-dealkylation sites (tertiary alicyclic amines) is 1.